The normalized spacial score (nSPS) is 13.2. The Labute approximate surface area is 129 Å². The molecule has 1 heterocycles. The average Bonchev–Trinajstić information content (AvgIpc) is 2.76. The lowest BCUT2D eigenvalue weighted by Crippen LogP contribution is -2.35. The van der Waals surface area contributed by atoms with Crippen LogP contribution in [0.3, 0.4) is 0 Å². The molecule has 0 saturated carbocycles. The summed E-state index contributed by atoms with van der Waals surface area (Å²) in [6.45, 7) is 0.490. The molecule has 1 rings (SSSR count). The van der Waals surface area contributed by atoms with Crippen molar-refractivity contribution >= 4 is 41.6 Å². The number of methoxy groups -OCH3 is 2. The highest BCUT2D eigenvalue weighted by atomic mass is 79.9. The number of furan rings is 1. The fourth-order valence-electron chi connectivity index (χ4n) is 1.32. The first-order valence-electron chi connectivity index (χ1n) is 5.33. The lowest BCUT2D eigenvalue weighted by atomic mass is 10.3. The molecule has 1 aromatic heterocycles. The lowest BCUT2D eigenvalue weighted by molar-refractivity contribution is 0.0283. The van der Waals surface area contributed by atoms with Gasteiger partial charge in [0.1, 0.15) is 4.90 Å². The van der Waals surface area contributed by atoms with Gasteiger partial charge in [0, 0.05) is 37.5 Å². The zero-order valence-corrected chi connectivity index (χ0v) is 13.8. The Balaban J connectivity index is 2.74. The van der Waals surface area contributed by atoms with Crippen LogP contribution in [0.15, 0.2) is 20.0 Å². The summed E-state index contributed by atoms with van der Waals surface area (Å²) in [4.78, 5) is 11.5. The van der Waals surface area contributed by atoms with Crippen LogP contribution in [0.1, 0.15) is 10.6 Å². The van der Waals surface area contributed by atoms with Gasteiger partial charge in [-0.25, -0.2) is 8.42 Å². The summed E-state index contributed by atoms with van der Waals surface area (Å²) in [5.41, 5.74) is 0. The van der Waals surface area contributed by atoms with Crippen molar-refractivity contribution in [1.82, 2.24) is 5.32 Å². The van der Waals surface area contributed by atoms with Gasteiger partial charge in [-0.15, -0.1) is 0 Å². The molecule has 0 spiro atoms. The quantitative estimate of drug-likeness (QED) is 0.706. The van der Waals surface area contributed by atoms with Gasteiger partial charge >= 0.3 is 0 Å². The third-order valence-electron chi connectivity index (χ3n) is 2.32. The Kier molecular flexibility index (Phi) is 6.46. The molecule has 1 unspecified atom stereocenters. The first-order valence-corrected chi connectivity index (χ1v) is 8.43. The molecular formula is C10H13BrClNO6S. The second-order valence-corrected chi connectivity index (χ2v) is 6.96. The number of halogens is 2. The van der Waals surface area contributed by atoms with Crippen LogP contribution in [-0.4, -0.2) is 47.8 Å². The topological polar surface area (TPSA) is 94.8 Å². The molecule has 1 N–H and O–H groups in total. The second kappa shape index (κ2) is 7.41. The smallest absolute Gasteiger partial charge is 0.287 e. The van der Waals surface area contributed by atoms with E-state index in [0.717, 1.165) is 6.07 Å². The average molecular weight is 391 g/mol. The first kappa shape index (κ1) is 17.4. The fraction of sp³-hybridized carbons (Fsp3) is 0.500. The van der Waals surface area contributed by atoms with E-state index in [-0.39, 0.29) is 28.0 Å². The third-order valence-corrected chi connectivity index (χ3v) is 4.50. The Bertz CT molecular complexity index is 572. The summed E-state index contributed by atoms with van der Waals surface area (Å²) in [6, 6.07) is 1.04. The largest absolute Gasteiger partial charge is 0.443 e. The minimum absolute atomic E-state index is 0.127. The summed E-state index contributed by atoms with van der Waals surface area (Å²) in [6.07, 6.45) is -0.321. The SMILES string of the molecule is COCC(CNC(=O)c1cc(S(=O)(=O)Cl)c(Br)o1)OC. The Hall–Kier alpha value is -0.610. The van der Waals surface area contributed by atoms with Gasteiger partial charge in [0.25, 0.3) is 15.0 Å². The van der Waals surface area contributed by atoms with E-state index < -0.39 is 15.0 Å². The van der Waals surface area contributed by atoms with Crippen molar-refractivity contribution in [2.45, 2.75) is 11.0 Å². The first-order chi connectivity index (χ1) is 9.29. The predicted octanol–water partition coefficient (Wildman–Crippen LogP) is 1.36. The number of carbonyl (C=O) groups is 1. The highest BCUT2D eigenvalue weighted by Crippen LogP contribution is 2.28. The lowest BCUT2D eigenvalue weighted by Gasteiger charge is -2.14. The summed E-state index contributed by atoms with van der Waals surface area (Å²) >= 11 is 2.88. The standard InChI is InChI=1S/C10H13BrClNO6S/c1-17-5-6(18-2)4-13-10(14)7-3-8(9(11)19-7)20(12,15)16/h3,6H,4-5H2,1-2H3,(H,13,14). The number of hydrogen-bond acceptors (Lipinski definition) is 6. The van der Waals surface area contributed by atoms with Crippen molar-refractivity contribution < 1.29 is 27.1 Å². The number of hydrogen-bond donors (Lipinski definition) is 1. The maximum Gasteiger partial charge on any atom is 0.287 e. The molecule has 0 saturated heterocycles. The van der Waals surface area contributed by atoms with Crippen LogP contribution in [0, 0.1) is 0 Å². The molecule has 0 aliphatic heterocycles. The second-order valence-electron chi connectivity index (χ2n) is 3.71. The summed E-state index contributed by atoms with van der Waals surface area (Å²) < 4.78 is 37.2. The highest BCUT2D eigenvalue weighted by molar-refractivity contribution is 9.10. The van der Waals surface area contributed by atoms with E-state index in [1.165, 1.54) is 14.2 Å². The van der Waals surface area contributed by atoms with E-state index >= 15 is 0 Å². The van der Waals surface area contributed by atoms with E-state index in [2.05, 4.69) is 21.2 Å². The van der Waals surface area contributed by atoms with Crippen molar-refractivity contribution in [2.75, 3.05) is 27.4 Å². The van der Waals surface area contributed by atoms with Crippen LogP contribution in [0.2, 0.25) is 0 Å². The Morgan fingerprint density at radius 1 is 1.55 bits per heavy atom. The molecule has 0 aromatic carbocycles. The van der Waals surface area contributed by atoms with Crippen LogP contribution in [0.4, 0.5) is 0 Å². The van der Waals surface area contributed by atoms with Crippen LogP contribution in [-0.2, 0) is 18.5 Å². The predicted molar refractivity (Wildman–Crippen MR) is 74.5 cm³/mol. The maximum absolute atomic E-state index is 11.8. The zero-order chi connectivity index (χ0) is 15.3. The molecule has 114 valence electrons. The van der Waals surface area contributed by atoms with Crippen LogP contribution >= 0.6 is 26.6 Å². The Morgan fingerprint density at radius 2 is 2.20 bits per heavy atom. The van der Waals surface area contributed by atoms with Gasteiger partial charge in [0.2, 0.25) is 0 Å². The monoisotopic (exact) mass is 389 g/mol. The number of carbonyl (C=O) groups excluding carboxylic acids is 1. The molecule has 0 bridgehead atoms. The van der Waals surface area contributed by atoms with Crippen molar-refractivity contribution in [2.24, 2.45) is 0 Å². The van der Waals surface area contributed by atoms with Gasteiger partial charge in [-0.1, -0.05) is 0 Å². The van der Waals surface area contributed by atoms with Crippen molar-refractivity contribution in [3.63, 3.8) is 0 Å². The highest BCUT2D eigenvalue weighted by Gasteiger charge is 2.23. The summed E-state index contributed by atoms with van der Waals surface area (Å²) in [5.74, 6) is -0.765. The van der Waals surface area contributed by atoms with Gasteiger partial charge in [-0.3, -0.25) is 4.79 Å². The van der Waals surface area contributed by atoms with Gasteiger partial charge in [0.05, 0.1) is 12.7 Å². The number of ether oxygens (including phenoxy) is 2. The minimum atomic E-state index is -3.98. The zero-order valence-electron chi connectivity index (χ0n) is 10.7. The van der Waals surface area contributed by atoms with E-state index in [4.69, 9.17) is 24.6 Å². The van der Waals surface area contributed by atoms with Crippen molar-refractivity contribution in [1.29, 1.82) is 0 Å². The molecule has 1 amide bonds. The molecule has 0 radical (unpaired) electrons. The van der Waals surface area contributed by atoms with Gasteiger partial charge in [0.15, 0.2) is 10.4 Å². The van der Waals surface area contributed by atoms with Crippen molar-refractivity contribution in [3.8, 4) is 0 Å². The molecular weight excluding hydrogens is 378 g/mol. The molecule has 7 nitrogen and oxygen atoms in total. The molecule has 1 atom stereocenters. The third kappa shape index (κ3) is 4.74. The molecule has 0 fully saturated rings. The van der Waals surface area contributed by atoms with E-state index in [1.54, 1.807) is 0 Å². The van der Waals surface area contributed by atoms with E-state index in [0.29, 0.717) is 6.61 Å². The number of nitrogens with one attached hydrogen (secondary N) is 1. The summed E-state index contributed by atoms with van der Waals surface area (Å²) in [5, 5.41) is 2.53. The van der Waals surface area contributed by atoms with E-state index in [1.807, 2.05) is 0 Å². The van der Waals surface area contributed by atoms with E-state index in [9.17, 15) is 13.2 Å². The summed E-state index contributed by atoms with van der Waals surface area (Å²) in [7, 11) is 4.20. The van der Waals surface area contributed by atoms with Gasteiger partial charge in [-0.05, 0) is 15.9 Å². The van der Waals surface area contributed by atoms with Gasteiger partial charge in [-0.2, -0.15) is 0 Å². The Morgan fingerprint density at radius 3 is 2.65 bits per heavy atom. The van der Waals surface area contributed by atoms with Crippen LogP contribution < -0.4 is 5.32 Å². The minimum Gasteiger partial charge on any atom is -0.443 e. The van der Waals surface area contributed by atoms with Gasteiger partial charge < -0.3 is 19.2 Å². The number of rotatable bonds is 7. The van der Waals surface area contributed by atoms with Crippen molar-refractivity contribution in [3.05, 3.63) is 16.5 Å². The maximum atomic E-state index is 11.8. The molecule has 1 aromatic rings. The molecule has 0 aliphatic carbocycles. The fourth-order valence-corrected chi connectivity index (χ4v) is 3.35. The number of amides is 1. The van der Waals surface area contributed by atoms with Crippen LogP contribution in [0.5, 0.6) is 0 Å². The van der Waals surface area contributed by atoms with Crippen LogP contribution in [0.25, 0.3) is 0 Å². The molecule has 0 aliphatic rings. The molecule has 20 heavy (non-hydrogen) atoms. The molecule has 10 heteroatoms.